The van der Waals surface area contributed by atoms with Crippen LogP contribution in [0, 0.1) is 0 Å². The van der Waals surface area contributed by atoms with Crippen molar-refractivity contribution in [2.45, 2.75) is 6.10 Å². The smallest absolute Gasteiger partial charge is 0.346 e. The van der Waals surface area contributed by atoms with Crippen LogP contribution in [-0.4, -0.2) is 23.7 Å². The van der Waals surface area contributed by atoms with Crippen molar-refractivity contribution in [1.82, 2.24) is 0 Å². The number of carbonyl (C=O) groups is 1. The highest BCUT2D eigenvalue weighted by atomic mass is 35.5. The Morgan fingerprint density at radius 2 is 2.21 bits per heavy atom. The summed E-state index contributed by atoms with van der Waals surface area (Å²) in [6.07, 6.45) is -1.06. The van der Waals surface area contributed by atoms with E-state index in [9.17, 15) is 4.79 Å². The van der Waals surface area contributed by atoms with Crippen molar-refractivity contribution in [3.63, 3.8) is 0 Å². The summed E-state index contributed by atoms with van der Waals surface area (Å²) in [4.78, 5) is 10.6. The average Bonchev–Trinajstić information content (AvgIpc) is 2.16. The lowest BCUT2D eigenvalue weighted by atomic mass is 10.3. The molecule has 1 aromatic carbocycles. The molecule has 3 N–H and O–H groups in total. The first kappa shape index (κ1) is 10.8. The van der Waals surface area contributed by atoms with Crippen LogP contribution in [-0.2, 0) is 4.79 Å². The molecule has 0 bridgehead atoms. The van der Waals surface area contributed by atoms with Crippen molar-refractivity contribution >= 4 is 17.6 Å². The maximum Gasteiger partial charge on any atom is 0.346 e. The molecule has 0 fully saturated rings. The number of halogens is 1. The van der Waals surface area contributed by atoms with Crippen LogP contribution >= 0.6 is 11.6 Å². The largest absolute Gasteiger partial charge is 0.478 e. The summed E-state index contributed by atoms with van der Waals surface area (Å²) in [6.45, 7) is -0.0967. The Balaban J connectivity index is 2.77. The van der Waals surface area contributed by atoms with Gasteiger partial charge in [0.15, 0.2) is 0 Å². The second kappa shape index (κ2) is 4.83. The van der Waals surface area contributed by atoms with E-state index in [0.29, 0.717) is 10.8 Å². The molecule has 0 aliphatic carbocycles. The van der Waals surface area contributed by atoms with E-state index in [1.54, 1.807) is 24.3 Å². The van der Waals surface area contributed by atoms with Crippen molar-refractivity contribution in [1.29, 1.82) is 0 Å². The van der Waals surface area contributed by atoms with Crippen LogP contribution in [0.1, 0.15) is 0 Å². The van der Waals surface area contributed by atoms with Gasteiger partial charge in [-0.05, 0) is 12.1 Å². The van der Waals surface area contributed by atoms with Crippen molar-refractivity contribution in [3.05, 3.63) is 29.3 Å². The molecular weight excluding hydrogens is 206 g/mol. The molecule has 0 amide bonds. The maximum atomic E-state index is 10.6. The van der Waals surface area contributed by atoms with Gasteiger partial charge in [0.1, 0.15) is 5.75 Å². The first-order valence-electron chi connectivity index (χ1n) is 3.99. The highest BCUT2D eigenvalue weighted by Gasteiger charge is 2.17. The SMILES string of the molecule is NC[C@H](Oc1ccccc1Cl)C(=O)O. The molecule has 0 heterocycles. The Kier molecular flexibility index (Phi) is 3.73. The molecular formula is C9H10ClNO3. The Morgan fingerprint density at radius 1 is 1.57 bits per heavy atom. The van der Waals surface area contributed by atoms with E-state index in [1.165, 1.54) is 0 Å². The number of rotatable bonds is 4. The van der Waals surface area contributed by atoms with Gasteiger partial charge in [-0.1, -0.05) is 23.7 Å². The molecule has 76 valence electrons. The molecule has 0 spiro atoms. The minimum atomic E-state index is -1.10. The van der Waals surface area contributed by atoms with Crippen LogP contribution in [0.2, 0.25) is 5.02 Å². The third-order valence-electron chi connectivity index (χ3n) is 1.60. The number of hydrogen-bond acceptors (Lipinski definition) is 3. The lowest BCUT2D eigenvalue weighted by Crippen LogP contribution is -2.34. The molecule has 0 aliphatic heterocycles. The third kappa shape index (κ3) is 2.61. The third-order valence-corrected chi connectivity index (χ3v) is 1.91. The fourth-order valence-electron chi connectivity index (χ4n) is 0.893. The number of aliphatic carboxylic acids is 1. The molecule has 1 aromatic rings. The number of para-hydroxylation sites is 1. The van der Waals surface area contributed by atoms with E-state index in [0.717, 1.165) is 0 Å². The number of benzene rings is 1. The van der Waals surface area contributed by atoms with Gasteiger partial charge in [-0.25, -0.2) is 4.79 Å². The number of carboxylic acid groups (broad SMARTS) is 1. The summed E-state index contributed by atoms with van der Waals surface area (Å²) in [7, 11) is 0. The van der Waals surface area contributed by atoms with Crippen LogP contribution < -0.4 is 10.5 Å². The highest BCUT2D eigenvalue weighted by Crippen LogP contribution is 2.23. The first-order chi connectivity index (χ1) is 6.65. The minimum absolute atomic E-state index is 0.0967. The van der Waals surface area contributed by atoms with Gasteiger partial charge in [-0.3, -0.25) is 0 Å². The van der Waals surface area contributed by atoms with E-state index >= 15 is 0 Å². The zero-order valence-electron chi connectivity index (χ0n) is 7.31. The van der Waals surface area contributed by atoms with Gasteiger partial charge in [0.05, 0.1) is 5.02 Å². The Labute approximate surface area is 86.2 Å². The van der Waals surface area contributed by atoms with Crippen molar-refractivity contribution in [2.75, 3.05) is 6.54 Å². The molecule has 0 radical (unpaired) electrons. The van der Waals surface area contributed by atoms with Gasteiger partial charge in [-0.15, -0.1) is 0 Å². The zero-order chi connectivity index (χ0) is 10.6. The number of hydrogen-bond donors (Lipinski definition) is 2. The molecule has 0 aromatic heterocycles. The van der Waals surface area contributed by atoms with E-state index in [1.807, 2.05) is 0 Å². The van der Waals surface area contributed by atoms with E-state index in [-0.39, 0.29) is 6.54 Å². The second-order valence-corrected chi connectivity index (χ2v) is 3.02. The maximum absolute atomic E-state index is 10.6. The predicted molar refractivity (Wildman–Crippen MR) is 52.6 cm³/mol. The van der Waals surface area contributed by atoms with Crippen LogP contribution in [0.25, 0.3) is 0 Å². The van der Waals surface area contributed by atoms with E-state index < -0.39 is 12.1 Å². The minimum Gasteiger partial charge on any atom is -0.478 e. The molecule has 0 aliphatic rings. The summed E-state index contributed by atoms with van der Waals surface area (Å²) >= 11 is 5.77. The first-order valence-corrected chi connectivity index (χ1v) is 4.37. The zero-order valence-corrected chi connectivity index (χ0v) is 8.07. The van der Waals surface area contributed by atoms with Crippen LogP contribution in [0.4, 0.5) is 0 Å². The fraction of sp³-hybridized carbons (Fsp3) is 0.222. The quantitative estimate of drug-likeness (QED) is 0.790. The lowest BCUT2D eigenvalue weighted by molar-refractivity contribution is -0.144. The van der Waals surface area contributed by atoms with E-state index in [2.05, 4.69) is 0 Å². The van der Waals surface area contributed by atoms with Crippen molar-refractivity contribution in [3.8, 4) is 5.75 Å². The average molecular weight is 216 g/mol. The summed E-state index contributed by atoms with van der Waals surface area (Å²) in [5.41, 5.74) is 5.22. The summed E-state index contributed by atoms with van der Waals surface area (Å²) in [5.74, 6) is -0.778. The van der Waals surface area contributed by atoms with Gasteiger partial charge in [0.2, 0.25) is 6.10 Å². The van der Waals surface area contributed by atoms with Crippen LogP contribution in [0.5, 0.6) is 5.75 Å². The van der Waals surface area contributed by atoms with Gasteiger partial charge in [0.25, 0.3) is 0 Å². The van der Waals surface area contributed by atoms with E-state index in [4.69, 9.17) is 27.2 Å². The number of ether oxygens (including phenoxy) is 1. The molecule has 0 saturated heterocycles. The normalized spacial score (nSPS) is 12.1. The molecule has 0 unspecified atom stereocenters. The van der Waals surface area contributed by atoms with Gasteiger partial charge in [0, 0.05) is 6.54 Å². The summed E-state index contributed by atoms with van der Waals surface area (Å²) in [6, 6.07) is 6.64. The summed E-state index contributed by atoms with van der Waals surface area (Å²) in [5, 5.41) is 9.05. The Morgan fingerprint density at radius 3 is 2.71 bits per heavy atom. The molecule has 4 nitrogen and oxygen atoms in total. The predicted octanol–water partition coefficient (Wildman–Crippen LogP) is 1.13. The van der Waals surface area contributed by atoms with Crippen LogP contribution in [0.3, 0.4) is 0 Å². The van der Waals surface area contributed by atoms with Gasteiger partial charge >= 0.3 is 5.97 Å². The second-order valence-electron chi connectivity index (χ2n) is 2.61. The van der Waals surface area contributed by atoms with Crippen molar-refractivity contribution < 1.29 is 14.6 Å². The molecule has 1 rings (SSSR count). The Hall–Kier alpha value is -1.26. The summed E-state index contributed by atoms with van der Waals surface area (Å²) < 4.78 is 5.10. The fourth-order valence-corrected chi connectivity index (χ4v) is 1.07. The number of carboxylic acids is 1. The van der Waals surface area contributed by atoms with Crippen LogP contribution in [0.15, 0.2) is 24.3 Å². The van der Waals surface area contributed by atoms with Crippen molar-refractivity contribution in [2.24, 2.45) is 5.73 Å². The molecule has 0 saturated carbocycles. The topological polar surface area (TPSA) is 72.5 Å². The monoisotopic (exact) mass is 215 g/mol. The number of nitrogens with two attached hydrogens (primary N) is 1. The molecule has 14 heavy (non-hydrogen) atoms. The highest BCUT2D eigenvalue weighted by molar-refractivity contribution is 6.32. The van der Waals surface area contributed by atoms with Gasteiger partial charge < -0.3 is 15.6 Å². The molecule has 5 heteroatoms. The standard InChI is InChI=1S/C9H10ClNO3/c10-6-3-1-2-4-7(6)14-8(5-11)9(12)13/h1-4,8H,5,11H2,(H,12,13)/t8-/m0/s1. The van der Waals surface area contributed by atoms with Gasteiger partial charge in [-0.2, -0.15) is 0 Å². The molecule has 1 atom stereocenters. The Bertz CT molecular complexity index is 330. The lowest BCUT2D eigenvalue weighted by Gasteiger charge is -2.13.